The minimum absolute atomic E-state index is 0.332. The summed E-state index contributed by atoms with van der Waals surface area (Å²) in [7, 11) is -1.05. The molecule has 1 fully saturated rings. The number of aromatic nitrogens is 2. The van der Waals surface area contributed by atoms with Gasteiger partial charge in [-0.25, -0.2) is 0 Å². The summed E-state index contributed by atoms with van der Waals surface area (Å²) in [5.41, 5.74) is 0. The summed E-state index contributed by atoms with van der Waals surface area (Å²) in [4.78, 5) is 0. The van der Waals surface area contributed by atoms with Gasteiger partial charge in [0.2, 0.25) is 0 Å². The van der Waals surface area contributed by atoms with Gasteiger partial charge in [-0.2, -0.15) is 0 Å². The molecule has 2 heterocycles. The molecule has 0 spiro atoms. The monoisotopic (exact) mass is 245 g/mol. The smallest absolute Gasteiger partial charge is 0.151 e. The fourth-order valence-electron chi connectivity index (χ4n) is 1.58. The van der Waals surface area contributed by atoms with Crippen LogP contribution in [0.25, 0.3) is 0 Å². The van der Waals surface area contributed by atoms with Crippen LogP contribution in [0.15, 0.2) is 17.2 Å². The van der Waals surface area contributed by atoms with Gasteiger partial charge in [0.15, 0.2) is 5.15 Å². The molecule has 4 nitrogen and oxygen atoms in total. The fraction of sp³-hybridized carbons (Fsp3) is 0.556. The normalized spacial score (nSPS) is 22.9. The highest BCUT2D eigenvalue weighted by molar-refractivity contribution is 7.84. The van der Waals surface area contributed by atoms with Gasteiger partial charge >= 0.3 is 0 Å². The van der Waals surface area contributed by atoms with Crippen molar-refractivity contribution in [3.63, 3.8) is 0 Å². The number of rotatable bonds is 3. The maximum atomic E-state index is 11.8. The molecule has 1 N–H and O–H groups in total. The minimum atomic E-state index is -1.05. The van der Waals surface area contributed by atoms with E-state index in [-0.39, 0.29) is 0 Å². The van der Waals surface area contributed by atoms with Crippen molar-refractivity contribution < 1.29 is 4.21 Å². The molecule has 0 aliphatic carbocycles. The van der Waals surface area contributed by atoms with E-state index in [1.54, 1.807) is 12.1 Å². The number of hydrogen-bond donors (Lipinski definition) is 1. The Hall–Kier alpha value is -0.520. The standard InChI is InChI=1S/C9H12ClN3OS/c10-8-1-2-9(13-12-8)15(14)6-7-3-4-11-5-7/h1-2,7,11H,3-6H2/t7-,15+/m1/s1. The summed E-state index contributed by atoms with van der Waals surface area (Å²) < 4.78 is 11.8. The van der Waals surface area contributed by atoms with Crippen molar-refractivity contribution in [3.05, 3.63) is 17.3 Å². The Morgan fingerprint density at radius 2 is 2.40 bits per heavy atom. The Kier molecular flexibility index (Phi) is 3.66. The van der Waals surface area contributed by atoms with E-state index in [4.69, 9.17) is 11.6 Å². The van der Waals surface area contributed by atoms with E-state index in [0.29, 0.717) is 21.8 Å². The minimum Gasteiger partial charge on any atom is -0.316 e. The third kappa shape index (κ3) is 2.96. The van der Waals surface area contributed by atoms with Crippen molar-refractivity contribution in [2.24, 2.45) is 5.92 Å². The number of hydrogen-bond acceptors (Lipinski definition) is 4. The van der Waals surface area contributed by atoms with Crippen molar-refractivity contribution in [2.45, 2.75) is 11.4 Å². The second-order valence-electron chi connectivity index (χ2n) is 3.57. The Balaban J connectivity index is 1.98. The summed E-state index contributed by atoms with van der Waals surface area (Å²) in [6, 6.07) is 3.29. The maximum absolute atomic E-state index is 11.8. The molecule has 6 heteroatoms. The van der Waals surface area contributed by atoms with Gasteiger partial charge in [0.05, 0.1) is 10.8 Å². The first-order valence-corrected chi connectivity index (χ1v) is 6.54. The van der Waals surface area contributed by atoms with Crippen molar-refractivity contribution in [1.82, 2.24) is 15.5 Å². The first-order chi connectivity index (χ1) is 7.25. The number of nitrogens with zero attached hydrogens (tertiary/aromatic N) is 2. The van der Waals surface area contributed by atoms with Crippen LogP contribution in [0.1, 0.15) is 6.42 Å². The summed E-state index contributed by atoms with van der Waals surface area (Å²) in [6.45, 7) is 1.97. The third-order valence-corrected chi connectivity index (χ3v) is 4.05. The highest BCUT2D eigenvalue weighted by Crippen LogP contribution is 2.13. The quantitative estimate of drug-likeness (QED) is 0.858. The molecule has 82 valence electrons. The van der Waals surface area contributed by atoms with Crippen LogP contribution in [0.3, 0.4) is 0 Å². The molecule has 2 rings (SSSR count). The van der Waals surface area contributed by atoms with E-state index in [2.05, 4.69) is 15.5 Å². The summed E-state index contributed by atoms with van der Waals surface area (Å²) in [5.74, 6) is 1.15. The van der Waals surface area contributed by atoms with Crippen molar-refractivity contribution in [1.29, 1.82) is 0 Å². The molecule has 15 heavy (non-hydrogen) atoms. The topological polar surface area (TPSA) is 54.9 Å². The SMILES string of the molecule is O=[S@@](C[C@@H]1CCNC1)c1ccc(Cl)nn1. The van der Waals surface area contributed by atoms with Gasteiger partial charge in [-0.05, 0) is 37.6 Å². The van der Waals surface area contributed by atoms with E-state index in [1.165, 1.54) is 0 Å². The molecule has 0 amide bonds. The molecule has 0 aromatic carbocycles. The second-order valence-corrected chi connectivity index (χ2v) is 5.40. The average molecular weight is 246 g/mol. The Morgan fingerprint density at radius 3 is 3.00 bits per heavy atom. The first kappa shape index (κ1) is 11.0. The van der Waals surface area contributed by atoms with Gasteiger partial charge in [-0.3, -0.25) is 4.21 Å². The van der Waals surface area contributed by atoms with Crippen LogP contribution in [0, 0.1) is 5.92 Å². The van der Waals surface area contributed by atoms with Crippen LogP contribution >= 0.6 is 11.6 Å². The summed E-state index contributed by atoms with van der Waals surface area (Å²) in [5, 5.41) is 11.6. The van der Waals surface area contributed by atoms with Crippen molar-refractivity contribution in [2.75, 3.05) is 18.8 Å². The highest BCUT2D eigenvalue weighted by Gasteiger charge is 2.18. The lowest BCUT2D eigenvalue weighted by Crippen LogP contribution is -2.15. The van der Waals surface area contributed by atoms with Crippen LogP contribution in [-0.4, -0.2) is 33.2 Å². The highest BCUT2D eigenvalue weighted by atomic mass is 35.5. The van der Waals surface area contributed by atoms with Crippen LogP contribution in [-0.2, 0) is 10.8 Å². The van der Waals surface area contributed by atoms with Gasteiger partial charge in [0, 0.05) is 5.75 Å². The molecule has 0 bridgehead atoms. The third-order valence-electron chi connectivity index (χ3n) is 2.39. The van der Waals surface area contributed by atoms with Gasteiger partial charge in [0.1, 0.15) is 5.03 Å². The maximum Gasteiger partial charge on any atom is 0.151 e. The van der Waals surface area contributed by atoms with Gasteiger partial charge in [-0.15, -0.1) is 10.2 Å². The van der Waals surface area contributed by atoms with E-state index < -0.39 is 10.8 Å². The zero-order valence-corrected chi connectivity index (χ0v) is 9.72. The average Bonchev–Trinajstić information content (AvgIpc) is 2.71. The lowest BCUT2D eigenvalue weighted by Gasteiger charge is -2.06. The summed E-state index contributed by atoms with van der Waals surface area (Å²) >= 11 is 5.60. The van der Waals surface area contributed by atoms with Gasteiger partial charge < -0.3 is 5.32 Å². The lowest BCUT2D eigenvalue weighted by atomic mass is 10.2. The molecular formula is C9H12ClN3OS. The zero-order valence-electron chi connectivity index (χ0n) is 8.15. The molecule has 0 radical (unpaired) electrons. The van der Waals surface area contributed by atoms with Crippen molar-refractivity contribution >= 4 is 22.4 Å². The Labute approximate surface area is 95.9 Å². The second kappa shape index (κ2) is 5.01. The molecule has 2 atom stereocenters. The van der Waals surface area contributed by atoms with Crippen LogP contribution in [0.5, 0.6) is 0 Å². The van der Waals surface area contributed by atoms with Crippen LogP contribution in [0.4, 0.5) is 0 Å². The number of nitrogens with one attached hydrogen (secondary N) is 1. The van der Waals surface area contributed by atoms with Gasteiger partial charge in [-0.1, -0.05) is 11.6 Å². The molecule has 1 aromatic heterocycles. The largest absolute Gasteiger partial charge is 0.316 e. The molecular weight excluding hydrogens is 234 g/mol. The molecule has 1 aromatic rings. The van der Waals surface area contributed by atoms with Gasteiger partial charge in [0.25, 0.3) is 0 Å². The molecule has 1 aliphatic heterocycles. The van der Waals surface area contributed by atoms with Crippen LogP contribution in [0.2, 0.25) is 5.15 Å². The zero-order chi connectivity index (χ0) is 10.7. The van der Waals surface area contributed by atoms with E-state index in [9.17, 15) is 4.21 Å². The first-order valence-electron chi connectivity index (χ1n) is 4.84. The lowest BCUT2D eigenvalue weighted by molar-refractivity contribution is 0.629. The number of halogens is 1. The van der Waals surface area contributed by atoms with E-state index in [1.807, 2.05) is 0 Å². The fourth-order valence-corrected chi connectivity index (χ4v) is 2.92. The van der Waals surface area contributed by atoms with Crippen molar-refractivity contribution in [3.8, 4) is 0 Å². The molecule has 1 saturated heterocycles. The molecule has 1 aliphatic rings. The Bertz CT molecular complexity index is 351. The Morgan fingerprint density at radius 1 is 1.53 bits per heavy atom. The van der Waals surface area contributed by atoms with E-state index in [0.717, 1.165) is 19.5 Å². The summed E-state index contributed by atoms with van der Waals surface area (Å²) in [6.07, 6.45) is 1.09. The predicted octanol–water partition coefficient (Wildman–Crippen LogP) is 0.847. The molecule has 0 unspecified atom stereocenters. The predicted molar refractivity (Wildman–Crippen MR) is 59.3 cm³/mol. The van der Waals surface area contributed by atoms with Crippen LogP contribution < -0.4 is 5.32 Å². The molecule has 0 saturated carbocycles. The van der Waals surface area contributed by atoms with E-state index >= 15 is 0 Å².